The first-order chi connectivity index (χ1) is 14.2. The first kappa shape index (κ1) is 19.3. The molecule has 1 saturated carbocycles. The van der Waals surface area contributed by atoms with Gasteiger partial charge in [-0.15, -0.1) is 0 Å². The smallest absolute Gasteiger partial charge is 0.264 e. The Morgan fingerprint density at radius 2 is 1.70 bits per heavy atom. The van der Waals surface area contributed by atoms with Crippen molar-refractivity contribution in [2.24, 2.45) is 0 Å². The highest BCUT2D eigenvalue weighted by atomic mass is 32.2. The summed E-state index contributed by atoms with van der Waals surface area (Å²) < 4.78 is 57.1. The number of sulfonamides is 1. The molecule has 30 heavy (non-hydrogen) atoms. The van der Waals surface area contributed by atoms with Gasteiger partial charge >= 0.3 is 0 Å². The summed E-state index contributed by atoms with van der Waals surface area (Å²) in [5.41, 5.74) is 2.01. The normalized spacial score (nSPS) is 16.6. The van der Waals surface area contributed by atoms with Gasteiger partial charge in [0.15, 0.2) is 21.5 Å². The van der Waals surface area contributed by atoms with Crippen molar-refractivity contribution in [1.82, 2.24) is 4.98 Å². The number of hydrogen-bond acceptors (Lipinski definition) is 6. The van der Waals surface area contributed by atoms with Crippen molar-refractivity contribution in [3.8, 4) is 11.3 Å². The topological polar surface area (TPSA) is 97.6 Å². The number of aromatic nitrogens is 1. The third kappa shape index (κ3) is 3.31. The first-order valence-corrected chi connectivity index (χ1v) is 13.0. The van der Waals surface area contributed by atoms with E-state index in [1.54, 1.807) is 42.6 Å². The monoisotopic (exact) mass is 444 g/mol. The molecule has 2 aromatic carbocycles. The van der Waals surface area contributed by atoms with E-state index in [0.717, 1.165) is 30.6 Å². The molecule has 0 radical (unpaired) electrons. The molecule has 7 nitrogen and oxygen atoms in total. The zero-order valence-electron chi connectivity index (χ0n) is 16.3. The molecule has 0 unspecified atom stereocenters. The summed E-state index contributed by atoms with van der Waals surface area (Å²) in [5.74, 6) is 1.78. The summed E-state index contributed by atoms with van der Waals surface area (Å²) in [6.07, 6.45) is 5.48. The van der Waals surface area contributed by atoms with Gasteiger partial charge in [0.1, 0.15) is 0 Å². The molecule has 0 saturated heterocycles. The SMILES string of the molecule is CS(=O)(=O)c1ccc2c(c1)CCN2S(=O)(=O)c1ccc(-c2cnc(C3CC3)o2)cc1. The molecule has 3 aromatic rings. The van der Waals surface area contributed by atoms with Crippen LogP contribution >= 0.6 is 0 Å². The molecule has 156 valence electrons. The maximum Gasteiger partial charge on any atom is 0.264 e. The molecule has 0 amide bonds. The lowest BCUT2D eigenvalue weighted by atomic mass is 10.2. The van der Waals surface area contributed by atoms with Crippen LogP contribution in [0.4, 0.5) is 5.69 Å². The average Bonchev–Trinajstić information content (AvgIpc) is 3.27. The van der Waals surface area contributed by atoms with Crippen molar-refractivity contribution in [2.45, 2.75) is 35.0 Å². The van der Waals surface area contributed by atoms with E-state index in [1.807, 2.05) is 0 Å². The van der Waals surface area contributed by atoms with Crippen molar-refractivity contribution < 1.29 is 21.3 Å². The van der Waals surface area contributed by atoms with Gasteiger partial charge in [-0.25, -0.2) is 21.8 Å². The van der Waals surface area contributed by atoms with E-state index in [9.17, 15) is 16.8 Å². The predicted molar refractivity (Wildman–Crippen MR) is 112 cm³/mol. The molecule has 0 N–H and O–H groups in total. The van der Waals surface area contributed by atoms with Crippen LogP contribution in [0, 0.1) is 0 Å². The molecule has 1 aliphatic heterocycles. The van der Waals surface area contributed by atoms with Gasteiger partial charge in [0.25, 0.3) is 10.0 Å². The molecule has 2 heterocycles. The third-order valence-corrected chi connectivity index (χ3v) is 8.45. The van der Waals surface area contributed by atoms with E-state index in [0.29, 0.717) is 29.3 Å². The second-order valence-electron chi connectivity index (χ2n) is 7.75. The standard InChI is InChI=1S/C21H20N2O5S2/c1-29(24,25)18-8-9-19-16(12-18)10-11-23(19)30(26,27)17-6-4-14(5-7-17)20-13-22-21(28-20)15-2-3-15/h4-9,12-13,15H,2-3,10-11H2,1H3. The van der Waals surface area contributed by atoms with Gasteiger partial charge < -0.3 is 4.42 Å². The van der Waals surface area contributed by atoms with E-state index in [4.69, 9.17) is 4.42 Å². The van der Waals surface area contributed by atoms with E-state index < -0.39 is 19.9 Å². The van der Waals surface area contributed by atoms with Crippen LogP contribution in [-0.4, -0.2) is 34.6 Å². The molecule has 0 atom stereocenters. The van der Waals surface area contributed by atoms with Crippen LogP contribution in [0.25, 0.3) is 11.3 Å². The molecule has 0 bridgehead atoms. The van der Waals surface area contributed by atoms with Crippen LogP contribution in [0.2, 0.25) is 0 Å². The Bertz CT molecular complexity index is 1340. The van der Waals surface area contributed by atoms with Crippen LogP contribution in [0.1, 0.15) is 30.2 Å². The summed E-state index contributed by atoms with van der Waals surface area (Å²) in [6, 6.07) is 11.1. The summed E-state index contributed by atoms with van der Waals surface area (Å²) in [5, 5.41) is 0. The molecule has 5 rings (SSSR count). The number of rotatable bonds is 5. The minimum Gasteiger partial charge on any atom is -0.440 e. The second-order valence-corrected chi connectivity index (χ2v) is 11.6. The molecular weight excluding hydrogens is 424 g/mol. The summed E-state index contributed by atoms with van der Waals surface area (Å²) >= 11 is 0. The molecular formula is C21H20N2O5S2. The second kappa shape index (κ2) is 6.68. The summed E-state index contributed by atoms with van der Waals surface area (Å²) in [6.45, 7) is 0.277. The number of anilines is 1. The van der Waals surface area contributed by atoms with E-state index in [1.165, 1.54) is 10.4 Å². The highest BCUT2D eigenvalue weighted by Gasteiger charge is 2.32. The average molecular weight is 445 g/mol. The third-order valence-electron chi connectivity index (χ3n) is 5.51. The number of oxazole rings is 1. The van der Waals surface area contributed by atoms with Gasteiger partial charge in [-0.2, -0.15) is 0 Å². The molecule has 1 aromatic heterocycles. The van der Waals surface area contributed by atoms with Gasteiger partial charge in [-0.1, -0.05) is 0 Å². The van der Waals surface area contributed by atoms with E-state index >= 15 is 0 Å². The lowest BCUT2D eigenvalue weighted by molar-refractivity contribution is 0.509. The highest BCUT2D eigenvalue weighted by Crippen LogP contribution is 2.40. The number of sulfone groups is 1. The van der Waals surface area contributed by atoms with Gasteiger partial charge in [0.05, 0.1) is 21.7 Å². The number of benzene rings is 2. The predicted octanol–water partition coefficient (Wildman–Crippen LogP) is 3.37. The van der Waals surface area contributed by atoms with Crippen molar-refractivity contribution >= 4 is 25.5 Å². The Morgan fingerprint density at radius 3 is 2.37 bits per heavy atom. The molecule has 1 aliphatic carbocycles. The Kier molecular flexibility index (Phi) is 4.30. The van der Waals surface area contributed by atoms with Crippen molar-refractivity contribution in [1.29, 1.82) is 0 Å². The molecule has 0 spiro atoms. The summed E-state index contributed by atoms with van der Waals surface area (Å²) in [4.78, 5) is 4.67. The lowest BCUT2D eigenvalue weighted by Gasteiger charge is -2.20. The Labute approximate surface area is 175 Å². The van der Waals surface area contributed by atoms with Crippen molar-refractivity contribution in [2.75, 3.05) is 17.1 Å². The fourth-order valence-electron chi connectivity index (χ4n) is 3.69. The van der Waals surface area contributed by atoms with Crippen molar-refractivity contribution in [3.05, 3.63) is 60.1 Å². The lowest BCUT2D eigenvalue weighted by Crippen LogP contribution is -2.29. The molecule has 1 fully saturated rings. The highest BCUT2D eigenvalue weighted by molar-refractivity contribution is 7.93. The fourth-order valence-corrected chi connectivity index (χ4v) is 5.86. The van der Waals surface area contributed by atoms with Gasteiger partial charge in [0, 0.05) is 24.3 Å². The molecule has 2 aliphatic rings. The minimum absolute atomic E-state index is 0.174. The van der Waals surface area contributed by atoms with Gasteiger partial charge in [-0.3, -0.25) is 4.31 Å². The minimum atomic E-state index is -3.76. The van der Waals surface area contributed by atoms with E-state index in [2.05, 4.69) is 4.98 Å². The first-order valence-electron chi connectivity index (χ1n) is 9.65. The van der Waals surface area contributed by atoms with Crippen LogP contribution < -0.4 is 4.31 Å². The van der Waals surface area contributed by atoms with E-state index in [-0.39, 0.29) is 16.3 Å². The number of nitrogens with zero attached hydrogens (tertiary/aromatic N) is 2. The maximum absolute atomic E-state index is 13.2. The van der Waals surface area contributed by atoms with Gasteiger partial charge in [0.2, 0.25) is 0 Å². The fraction of sp³-hybridized carbons (Fsp3) is 0.286. The quantitative estimate of drug-likeness (QED) is 0.598. The van der Waals surface area contributed by atoms with Crippen LogP contribution in [-0.2, 0) is 26.3 Å². The number of hydrogen-bond donors (Lipinski definition) is 0. The molecule has 9 heteroatoms. The Hall–Kier alpha value is -2.65. The zero-order chi connectivity index (χ0) is 21.1. The Morgan fingerprint density at radius 1 is 1.00 bits per heavy atom. The van der Waals surface area contributed by atoms with Gasteiger partial charge in [-0.05, 0) is 67.3 Å². The number of fused-ring (bicyclic) bond motifs is 1. The van der Waals surface area contributed by atoms with Crippen LogP contribution in [0.15, 0.2) is 62.9 Å². The van der Waals surface area contributed by atoms with Crippen LogP contribution in [0.3, 0.4) is 0 Å². The summed E-state index contributed by atoms with van der Waals surface area (Å²) in [7, 11) is -7.10. The van der Waals surface area contributed by atoms with Crippen molar-refractivity contribution in [3.63, 3.8) is 0 Å². The maximum atomic E-state index is 13.2. The van der Waals surface area contributed by atoms with Crippen LogP contribution in [0.5, 0.6) is 0 Å². The Balaban J connectivity index is 1.43. The zero-order valence-corrected chi connectivity index (χ0v) is 17.9. The largest absolute Gasteiger partial charge is 0.440 e.